The van der Waals surface area contributed by atoms with Crippen LogP contribution in [0.15, 0.2) is 42.5 Å². The number of benzene rings is 2. The molecular formula is C30H36N2O3. The van der Waals surface area contributed by atoms with Crippen molar-refractivity contribution in [2.75, 3.05) is 13.2 Å². The van der Waals surface area contributed by atoms with Crippen LogP contribution >= 0.6 is 0 Å². The van der Waals surface area contributed by atoms with Crippen molar-refractivity contribution >= 4 is 11.9 Å². The van der Waals surface area contributed by atoms with Gasteiger partial charge in [-0.25, -0.2) is 4.79 Å². The molecule has 3 unspecified atom stereocenters. The molecule has 0 aliphatic heterocycles. The van der Waals surface area contributed by atoms with Crippen LogP contribution in [-0.4, -0.2) is 25.0 Å². The molecule has 35 heavy (non-hydrogen) atoms. The lowest BCUT2D eigenvalue weighted by Gasteiger charge is -2.55. The minimum atomic E-state index is -0.564. The topological polar surface area (TPSA) is 79.2 Å². The van der Waals surface area contributed by atoms with Crippen molar-refractivity contribution in [2.45, 2.75) is 71.1 Å². The summed E-state index contributed by atoms with van der Waals surface area (Å²) in [6.45, 7) is 9.50. The van der Waals surface area contributed by atoms with Gasteiger partial charge in [0.2, 0.25) is 0 Å². The number of fused-ring (bicyclic) bond motifs is 3. The molecule has 2 aliphatic carbocycles. The lowest BCUT2D eigenvalue weighted by atomic mass is 9.49. The minimum absolute atomic E-state index is 0.00575. The zero-order valence-corrected chi connectivity index (χ0v) is 21.3. The third-order valence-corrected chi connectivity index (χ3v) is 8.44. The maximum absolute atomic E-state index is 12.6. The Morgan fingerprint density at radius 3 is 2.57 bits per heavy atom. The van der Waals surface area contributed by atoms with Crippen LogP contribution in [0.4, 0.5) is 0 Å². The lowest BCUT2D eigenvalue weighted by Crippen LogP contribution is -2.53. The van der Waals surface area contributed by atoms with Crippen LogP contribution in [0.3, 0.4) is 0 Å². The van der Waals surface area contributed by atoms with Crippen LogP contribution in [0, 0.1) is 22.7 Å². The van der Waals surface area contributed by atoms with Crippen molar-refractivity contribution in [3.63, 3.8) is 0 Å². The van der Waals surface area contributed by atoms with E-state index in [1.54, 1.807) is 12.1 Å². The molecule has 1 N–H and O–H groups in total. The summed E-state index contributed by atoms with van der Waals surface area (Å²) in [5.41, 5.74) is 5.31. The molecule has 5 heteroatoms. The average molecular weight is 473 g/mol. The van der Waals surface area contributed by atoms with E-state index < -0.39 is 5.97 Å². The highest BCUT2D eigenvalue weighted by Crippen LogP contribution is 2.57. The summed E-state index contributed by atoms with van der Waals surface area (Å²) in [5.74, 6) is 0.176. The van der Waals surface area contributed by atoms with E-state index in [2.05, 4.69) is 51.2 Å². The van der Waals surface area contributed by atoms with E-state index in [4.69, 9.17) is 10.00 Å². The van der Waals surface area contributed by atoms with E-state index in [-0.39, 0.29) is 23.3 Å². The third-order valence-electron chi connectivity index (χ3n) is 8.44. The Bertz CT molecular complexity index is 1150. The molecule has 4 rings (SSSR count). The second-order valence-electron chi connectivity index (χ2n) is 11.1. The highest BCUT2D eigenvalue weighted by Gasteiger charge is 2.51. The molecule has 0 radical (unpaired) electrons. The van der Waals surface area contributed by atoms with Crippen molar-refractivity contribution in [2.24, 2.45) is 11.3 Å². The van der Waals surface area contributed by atoms with E-state index >= 15 is 0 Å². The fraction of sp³-hybridized carbons (Fsp3) is 0.500. The average Bonchev–Trinajstić information content (AvgIpc) is 2.85. The molecule has 184 valence electrons. The van der Waals surface area contributed by atoms with Crippen LogP contribution in [0.5, 0.6) is 0 Å². The Kier molecular flexibility index (Phi) is 7.03. The number of amides is 1. The largest absolute Gasteiger partial charge is 0.452 e. The van der Waals surface area contributed by atoms with Gasteiger partial charge in [0.05, 0.1) is 17.2 Å². The summed E-state index contributed by atoms with van der Waals surface area (Å²) in [4.78, 5) is 24.8. The third kappa shape index (κ3) is 4.98. The zero-order chi connectivity index (χ0) is 25.2. The highest BCUT2D eigenvalue weighted by atomic mass is 16.5. The SMILES string of the molecule is CC(C)c1ccc2c(c1)CCC1C(C)(CNC(=O)COC(=O)c3ccc(C#N)cc3)CCCC21C. The minimum Gasteiger partial charge on any atom is -0.452 e. The second kappa shape index (κ2) is 9.85. The molecule has 1 amide bonds. The van der Waals surface area contributed by atoms with Crippen molar-refractivity contribution in [3.8, 4) is 6.07 Å². The number of carbonyl (C=O) groups excluding carboxylic acids is 2. The van der Waals surface area contributed by atoms with Crippen LogP contribution in [0.1, 0.15) is 91.9 Å². The van der Waals surface area contributed by atoms with Gasteiger partial charge in [0.15, 0.2) is 6.61 Å². The van der Waals surface area contributed by atoms with E-state index in [0.717, 1.165) is 25.7 Å². The molecule has 1 fully saturated rings. The van der Waals surface area contributed by atoms with E-state index in [1.165, 1.54) is 35.2 Å². The Hall–Kier alpha value is -3.13. The Morgan fingerprint density at radius 2 is 1.89 bits per heavy atom. The van der Waals surface area contributed by atoms with Crippen LogP contribution < -0.4 is 5.32 Å². The first-order chi connectivity index (χ1) is 16.7. The van der Waals surface area contributed by atoms with Gasteiger partial charge in [0.1, 0.15) is 0 Å². The van der Waals surface area contributed by atoms with Crippen molar-refractivity contribution in [1.29, 1.82) is 5.26 Å². The summed E-state index contributed by atoms with van der Waals surface area (Å²) in [6.07, 6.45) is 5.61. The molecule has 0 spiro atoms. The predicted octanol–water partition coefficient (Wildman–Crippen LogP) is 5.67. The first-order valence-electron chi connectivity index (χ1n) is 12.7. The van der Waals surface area contributed by atoms with Gasteiger partial charge in [-0.1, -0.05) is 52.3 Å². The number of esters is 1. The molecule has 2 aromatic carbocycles. The lowest BCUT2D eigenvalue weighted by molar-refractivity contribution is -0.125. The zero-order valence-electron chi connectivity index (χ0n) is 21.3. The standard InChI is InChI=1S/C30H36N2O3/c1-20(2)23-10-12-25-24(16-23)11-13-26-29(3,14-5-15-30(25,26)4)19-32-27(33)18-35-28(34)22-8-6-21(17-31)7-9-22/h6-10,12,16,20,26H,5,11,13-15,18-19H2,1-4H3,(H,32,33). The van der Waals surface area contributed by atoms with E-state index in [1.807, 2.05) is 6.07 Å². The number of nitriles is 1. The molecular weight excluding hydrogens is 436 g/mol. The predicted molar refractivity (Wildman–Crippen MR) is 136 cm³/mol. The van der Waals surface area contributed by atoms with Gasteiger partial charge in [-0.3, -0.25) is 4.79 Å². The van der Waals surface area contributed by atoms with Crippen molar-refractivity contribution in [1.82, 2.24) is 5.32 Å². The quantitative estimate of drug-likeness (QED) is 0.550. The van der Waals surface area contributed by atoms with Gasteiger partial charge in [-0.2, -0.15) is 5.26 Å². The molecule has 1 saturated carbocycles. The van der Waals surface area contributed by atoms with Gasteiger partial charge in [-0.05, 0) is 89.3 Å². The number of aryl methyl sites for hydroxylation is 1. The van der Waals surface area contributed by atoms with Crippen LogP contribution in [0.25, 0.3) is 0 Å². The summed E-state index contributed by atoms with van der Waals surface area (Å²) < 4.78 is 5.21. The van der Waals surface area contributed by atoms with Crippen LogP contribution in [-0.2, 0) is 21.4 Å². The van der Waals surface area contributed by atoms with Gasteiger partial charge in [0, 0.05) is 6.54 Å². The fourth-order valence-corrected chi connectivity index (χ4v) is 6.46. The maximum atomic E-state index is 12.6. The molecule has 0 bridgehead atoms. The molecule has 2 aromatic rings. The van der Waals surface area contributed by atoms with Crippen molar-refractivity contribution < 1.29 is 14.3 Å². The van der Waals surface area contributed by atoms with Gasteiger partial charge < -0.3 is 10.1 Å². The monoisotopic (exact) mass is 472 g/mol. The Labute approximate surface area is 208 Å². The number of nitrogens with zero attached hydrogens (tertiary/aromatic N) is 1. The highest BCUT2D eigenvalue weighted by molar-refractivity contribution is 5.91. The summed E-state index contributed by atoms with van der Waals surface area (Å²) in [5, 5.41) is 11.9. The van der Waals surface area contributed by atoms with Crippen molar-refractivity contribution in [3.05, 3.63) is 70.3 Å². The summed E-state index contributed by atoms with van der Waals surface area (Å²) in [6, 6.07) is 15.3. The number of nitrogens with one attached hydrogen (secondary N) is 1. The normalized spacial score (nSPS) is 25.2. The molecule has 5 nitrogen and oxygen atoms in total. The first kappa shape index (κ1) is 25.0. The molecule has 0 saturated heterocycles. The number of hydrogen-bond donors (Lipinski definition) is 1. The van der Waals surface area contributed by atoms with Crippen LogP contribution in [0.2, 0.25) is 0 Å². The molecule has 3 atom stereocenters. The Morgan fingerprint density at radius 1 is 1.14 bits per heavy atom. The van der Waals surface area contributed by atoms with Gasteiger partial charge >= 0.3 is 5.97 Å². The van der Waals surface area contributed by atoms with Gasteiger partial charge in [-0.15, -0.1) is 0 Å². The molecule has 2 aliphatic rings. The first-order valence-corrected chi connectivity index (χ1v) is 12.7. The number of rotatable bonds is 6. The fourth-order valence-electron chi connectivity index (χ4n) is 6.46. The number of carbonyl (C=O) groups is 2. The molecule has 0 heterocycles. The number of hydrogen-bond acceptors (Lipinski definition) is 4. The smallest absolute Gasteiger partial charge is 0.338 e. The van der Waals surface area contributed by atoms with E-state index in [9.17, 15) is 9.59 Å². The van der Waals surface area contributed by atoms with Gasteiger partial charge in [0.25, 0.3) is 5.91 Å². The second-order valence-corrected chi connectivity index (χ2v) is 11.1. The summed E-state index contributed by atoms with van der Waals surface area (Å²) >= 11 is 0. The van der Waals surface area contributed by atoms with E-state index in [0.29, 0.717) is 29.5 Å². The Balaban J connectivity index is 1.39. The maximum Gasteiger partial charge on any atom is 0.338 e. The number of ether oxygens (including phenoxy) is 1. The molecule has 0 aromatic heterocycles. The summed E-state index contributed by atoms with van der Waals surface area (Å²) in [7, 11) is 0.